The van der Waals surface area contributed by atoms with Gasteiger partial charge >= 0.3 is 0 Å². The Labute approximate surface area is 186 Å². The average Bonchev–Trinajstić information content (AvgIpc) is 2.77. The van der Waals surface area contributed by atoms with Gasteiger partial charge < -0.3 is 15.0 Å². The van der Waals surface area contributed by atoms with E-state index in [2.05, 4.69) is 36.2 Å². The number of rotatable bonds is 11. The zero-order valence-corrected chi connectivity index (χ0v) is 19.8. The van der Waals surface area contributed by atoms with Gasteiger partial charge in [0.25, 0.3) is 0 Å². The number of hydrogen-bond donors (Lipinski definition) is 1. The van der Waals surface area contributed by atoms with Crippen LogP contribution in [0.3, 0.4) is 0 Å². The van der Waals surface area contributed by atoms with Crippen molar-refractivity contribution in [3.8, 4) is 5.75 Å². The molecule has 0 aliphatic carbocycles. The fourth-order valence-electron chi connectivity index (χ4n) is 3.27. The number of methoxy groups -OCH3 is 1. The number of hydrogen-bond acceptors (Lipinski definition) is 5. The number of nitrogens with zero attached hydrogens (tertiary/aromatic N) is 2. The molecule has 7 nitrogen and oxygen atoms in total. The second-order valence-electron chi connectivity index (χ2n) is 7.38. The summed E-state index contributed by atoms with van der Waals surface area (Å²) in [5.74, 6) is 0.466. The molecule has 2 rings (SSSR count). The summed E-state index contributed by atoms with van der Waals surface area (Å²) in [6, 6.07) is 12.9. The van der Waals surface area contributed by atoms with Gasteiger partial charge in [-0.15, -0.1) is 0 Å². The summed E-state index contributed by atoms with van der Waals surface area (Å²) in [4.78, 5) is 14.8. The van der Waals surface area contributed by atoms with Crippen molar-refractivity contribution >= 4 is 21.6 Å². The summed E-state index contributed by atoms with van der Waals surface area (Å²) >= 11 is 0. The summed E-state index contributed by atoms with van der Waals surface area (Å²) in [6.07, 6.45) is 0.617. The summed E-state index contributed by atoms with van der Waals surface area (Å²) in [5.41, 5.74) is 2.88. The van der Waals surface area contributed by atoms with Crippen LogP contribution in [0.1, 0.15) is 31.4 Å². The van der Waals surface area contributed by atoms with Crippen LogP contribution in [-0.4, -0.2) is 52.9 Å². The van der Waals surface area contributed by atoms with Gasteiger partial charge in [-0.3, -0.25) is 4.79 Å². The van der Waals surface area contributed by atoms with Crippen molar-refractivity contribution < 1.29 is 17.9 Å². The predicted octanol–water partition coefficient (Wildman–Crippen LogP) is 3.04. The number of benzene rings is 2. The standard InChI is InChI=1S/C23H33N3O4S/c1-6-26(7-2)20-11-8-18(9-12-20)17-24-23(27)15-10-19-16-21(13-14-22(19)30-5)31(28,29)25(3)4/h8-9,11-14,16H,6-7,10,15,17H2,1-5H3,(H,24,27). The zero-order valence-electron chi connectivity index (χ0n) is 19.0. The third-order valence-electron chi connectivity index (χ3n) is 5.21. The molecule has 0 unspecified atom stereocenters. The number of anilines is 1. The van der Waals surface area contributed by atoms with E-state index in [9.17, 15) is 13.2 Å². The summed E-state index contributed by atoms with van der Waals surface area (Å²) in [7, 11) is 0.954. The molecule has 31 heavy (non-hydrogen) atoms. The highest BCUT2D eigenvalue weighted by Crippen LogP contribution is 2.25. The van der Waals surface area contributed by atoms with E-state index in [1.54, 1.807) is 12.1 Å². The predicted molar refractivity (Wildman–Crippen MR) is 124 cm³/mol. The van der Waals surface area contributed by atoms with Crippen LogP contribution in [0, 0.1) is 0 Å². The molecule has 2 aromatic carbocycles. The van der Waals surface area contributed by atoms with E-state index in [0.29, 0.717) is 24.3 Å². The first-order chi connectivity index (χ1) is 14.7. The van der Waals surface area contributed by atoms with E-state index < -0.39 is 10.0 Å². The van der Waals surface area contributed by atoms with E-state index in [-0.39, 0.29) is 17.2 Å². The number of amides is 1. The van der Waals surface area contributed by atoms with Crippen molar-refractivity contribution in [1.29, 1.82) is 0 Å². The lowest BCUT2D eigenvalue weighted by atomic mass is 10.1. The smallest absolute Gasteiger partial charge is 0.242 e. The summed E-state index contributed by atoms with van der Waals surface area (Å²) in [5, 5.41) is 2.93. The topological polar surface area (TPSA) is 79.0 Å². The van der Waals surface area contributed by atoms with Crippen LogP contribution < -0.4 is 15.0 Å². The molecule has 170 valence electrons. The number of nitrogens with one attached hydrogen (secondary N) is 1. The first-order valence-electron chi connectivity index (χ1n) is 10.4. The number of carbonyl (C=O) groups excluding carboxylic acids is 1. The van der Waals surface area contributed by atoms with Crippen molar-refractivity contribution in [3.63, 3.8) is 0 Å². The third kappa shape index (κ3) is 6.45. The van der Waals surface area contributed by atoms with Gasteiger partial charge in [0, 0.05) is 45.8 Å². The quantitative estimate of drug-likeness (QED) is 0.573. The monoisotopic (exact) mass is 447 g/mol. The van der Waals surface area contributed by atoms with Crippen molar-refractivity contribution in [1.82, 2.24) is 9.62 Å². The van der Waals surface area contributed by atoms with Gasteiger partial charge in [-0.1, -0.05) is 12.1 Å². The van der Waals surface area contributed by atoms with Gasteiger partial charge in [-0.05, 0) is 61.7 Å². The highest BCUT2D eigenvalue weighted by atomic mass is 32.2. The van der Waals surface area contributed by atoms with Crippen molar-refractivity contribution in [2.24, 2.45) is 0 Å². The van der Waals surface area contributed by atoms with Crippen molar-refractivity contribution in [2.75, 3.05) is 39.2 Å². The van der Waals surface area contributed by atoms with Crippen LogP contribution in [0.15, 0.2) is 47.4 Å². The molecule has 0 aliphatic heterocycles. The minimum Gasteiger partial charge on any atom is -0.496 e. The Hall–Kier alpha value is -2.58. The molecule has 0 fully saturated rings. The molecule has 2 aromatic rings. The molecule has 0 heterocycles. The maximum absolute atomic E-state index is 12.4. The van der Waals surface area contributed by atoms with Gasteiger partial charge in [-0.25, -0.2) is 12.7 Å². The molecule has 0 saturated heterocycles. The van der Waals surface area contributed by atoms with E-state index >= 15 is 0 Å². The van der Waals surface area contributed by atoms with Gasteiger partial charge in [0.05, 0.1) is 12.0 Å². The highest BCUT2D eigenvalue weighted by Gasteiger charge is 2.19. The molecular weight excluding hydrogens is 414 g/mol. The molecule has 0 saturated carbocycles. The molecule has 0 radical (unpaired) electrons. The van der Waals surface area contributed by atoms with Crippen molar-refractivity contribution in [3.05, 3.63) is 53.6 Å². The molecule has 0 spiro atoms. The SMILES string of the molecule is CCN(CC)c1ccc(CNC(=O)CCc2cc(S(=O)(=O)N(C)C)ccc2OC)cc1. The van der Waals surface area contributed by atoms with Gasteiger partial charge in [0.15, 0.2) is 0 Å². The Morgan fingerprint density at radius 3 is 2.23 bits per heavy atom. The second-order valence-corrected chi connectivity index (χ2v) is 9.53. The number of ether oxygens (including phenoxy) is 1. The normalized spacial score (nSPS) is 11.4. The lowest BCUT2D eigenvalue weighted by Crippen LogP contribution is -2.24. The Morgan fingerprint density at radius 1 is 1.03 bits per heavy atom. The van der Waals surface area contributed by atoms with Gasteiger partial charge in [0.2, 0.25) is 15.9 Å². The Bertz CT molecular complexity index is 969. The minimum absolute atomic E-state index is 0.101. The largest absolute Gasteiger partial charge is 0.496 e. The molecule has 0 bridgehead atoms. The molecule has 8 heteroatoms. The summed E-state index contributed by atoms with van der Waals surface area (Å²) in [6.45, 7) is 6.60. The van der Waals surface area contributed by atoms with Crippen LogP contribution in [0.5, 0.6) is 5.75 Å². The first-order valence-corrected chi connectivity index (χ1v) is 11.9. The third-order valence-corrected chi connectivity index (χ3v) is 7.02. The second kappa shape index (κ2) is 11.2. The maximum atomic E-state index is 12.4. The Kier molecular flexibility index (Phi) is 8.88. The van der Waals surface area contributed by atoms with Crippen molar-refractivity contribution in [2.45, 2.75) is 38.1 Å². The van der Waals surface area contributed by atoms with E-state index in [4.69, 9.17) is 4.74 Å². The van der Waals surface area contributed by atoms with Crippen LogP contribution in [-0.2, 0) is 27.8 Å². The Morgan fingerprint density at radius 2 is 1.68 bits per heavy atom. The fraction of sp³-hybridized carbons (Fsp3) is 0.435. The van der Waals surface area contributed by atoms with Gasteiger partial charge in [-0.2, -0.15) is 0 Å². The number of carbonyl (C=O) groups is 1. The molecule has 0 aliphatic rings. The molecule has 1 amide bonds. The maximum Gasteiger partial charge on any atom is 0.242 e. The lowest BCUT2D eigenvalue weighted by molar-refractivity contribution is -0.121. The van der Waals surface area contributed by atoms with E-state index in [1.807, 2.05) is 12.1 Å². The van der Waals surface area contributed by atoms with E-state index in [1.165, 1.54) is 33.0 Å². The van der Waals surface area contributed by atoms with Crippen LogP contribution in [0.2, 0.25) is 0 Å². The minimum atomic E-state index is -3.55. The van der Waals surface area contributed by atoms with Crippen LogP contribution in [0.4, 0.5) is 5.69 Å². The molecule has 1 N–H and O–H groups in total. The first kappa shape index (κ1) is 24.7. The molecular formula is C23H33N3O4S. The van der Waals surface area contributed by atoms with Crippen LogP contribution in [0.25, 0.3) is 0 Å². The lowest BCUT2D eigenvalue weighted by Gasteiger charge is -2.21. The highest BCUT2D eigenvalue weighted by molar-refractivity contribution is 7.89. The number of sulfonamides is 1. The average molecular weight is 448 g/mol. The summed E-state index contributed by atoms with van der Waals surface area (Å²) < 4.78 is 31.3. The van der Waals surface area contributed by atoms with Crippen LogP contribution >= 0.6 is 0 Å². The van der Waals surface area contributed by atoms with E-state index in [0.717, 1.165) is 23.0 Å². The fourth-order valence-corrected chi connectivity index (χ4v) is 4.23. The molecule has 0 atom stereocenters. The zero-order chi connectivity index (χ0) is 23.0. The number of aryl methyl sites for hydroxylation is 1. The van der Waals surface area contributed by atoms with Gasteiger partial charge in [0.1, 0.15) is 5.75 Å². The Balaban J connectivity index is 1.98. The molecule has 0 aromatic heterocycles.